The predicted octanol–water partition coefficient (Wildman–Crippen LogP) is 3.38. The summed E-state index contributed by atoms with van der Waals surface area (Å²) in [5.41, 5.74) is 1.89. The second-order valence-corrected chi connectivity index (χ2v) is 8.17. The summed E-state index contributed by atoms with van der Waals surface area (Å²) in [6.07, 6.45) is 0.307. The number of carbonyl (C=O) groups excluding carboxylic acids is 2. The number of ether oxygens (including phenoxy) is 1. The van der Waals surface area contributed by atoms with Crippen molar-refractivity contribution in [1.82, 2.24) is 10.2 Å². The quantitative estimate of drug-likeness (QED) is 0.771. The van der Waals surface area contributed by atoms with Crippen molar-refractivity contribution in [3.8, 4) is 5.75 Å². The smallest absolute Gasteiger partial charge is 0.317 e. The highest BCUT2D eigenvalue weighted by Crippen LogP contribution is 2.25. The average molecular weight is 443 g/mol. The van der Waals surface area contributed by atoms with E-state index in [1.807, 2.05) is 60.4 Å². The zero-order chi connectivity index (χ0) is 21.8. The fraction of sp³-hybridized carbons (Fsp3) is 0.391. The molecule has 164 valence electrons. The van der Waals surface area contributed by atoms with Crippen LogP contribution in [0.2, 0.25) is 5.02 Å². The molecule has 0 bridgehead atoms. The Hall–Kier alpha value is -2.93. The maximum atomic E-state index is 12.7. The summed E-state index contributed by atoms with van der Waals surface area (Å²) >= 11 is 6.09. The van der Waals surface area contributed by atoms with Gasteiger partial charge in [-0.25, -0.2) is 4.79 Å². The van der Waals surface area contributed by atoms with Crippen LogP contribution in [0.5, 0.6) is 5.75 Å². The van der Waals surface area contributed by atoms with E-state index < -0.39 is 0 Å². The van der Waals surface area contributed by atoms with E-state index in [2.05, 4.69) is 10.2 Å². The number of benzene rings is 2. The minimum atomic E-state index is -0.197. The second-order valence-electron chi connectivity index (χ2n) is 7.74. The molecule has 2 saturated heterocycles. The molecule has 2 aromatic rings. The summed E-state index contributed by atoms with van der Waals surface area (Å²) in [6.45, 7) is 5.75. The second kappa shape index (κ2) is 9.47. The number of hydrogen-bond acceptors (Lipinski definition) is 4. The molecule has 31 heavy (non-hydrogen) atoms. The first-order valence-electron chi connectivity index (χ1n) is 10.6. The number of hydrogen-bond donors (Lipinski definition) is 1. The molecule has 0 aromatic heterocycles. The van der Waals surface area contributed by atoms with Gasteiger partial charge in [0.15, 0.2) is 0 Å². The van der Waals surface area contributed by atoms with Crippen LogP contribution in [0, 0.1) is 0 Å². The number of halogens is 1. The molecule has 0 saturated carbocycles. The zero-order valence-electron chi connectivity index (χ0n) is 17.6. The minimum absolute atomic E-state index is 0.0141. The van der Waals surface area contributed by atoms with Crippen LogP contribution in [0.15, 0.2) is 48.5 Å². The van der Waals surface area contributed by atoms with E-state index >= 15 is 0 Å². The van der Waals surface area contributed by atoms with Crippen LogP contribution in [0.4, 0.5) is 16.2 Å². The maximum Gasteiger partial charge on any atom is 0.317 e. The molecule has 0 aliphatic carbocycles. The molecule has 1 atom stereocenters. The Morgan fingerprint density at radius 1 is 1.10 bits per heavy atom. The van der Waals surface area contributed by atoms with Crippen molar-refractivity contribution in [2.24, 2.45) is 0 Å². The Labute approximate surface area is 187 Å². The van der Waals surface area contributed by atoms with Crippen LogP contribution in [-0.2, 0) is 4.79 Å². The number of amides is 3. The van der Waals surface area contributed by atoms with E-state index in [1.165, 1.54) is 0 Å². The van der Waals surface area contributed by atoms with Gasteiger partial charge in [0.25, 0.3) is 0 Å². The Bertz CT molecular complexity index is 929. The van der Waals surface area contributed by atoms with Crippen molar-refractivity contribution in [3.63, 3.8) is 0 Å². The lowest BCUT2D eigenvalue weighted by Crippen LogP contribution is -2.53. The first-order chi connectivity index (χ1) is 15.0. The highest BCUT2D eigenvalue weighted by Gasteiger charge is 2.33. The number of piperazine rings is 1. The normalized spacial score (nSPS) is 19.0. The van der Waals surface area contributed by atoms with Gasteiger partial charge in [-0.05, 0) is 49.4 Å². The van der Waals surface area contributed by atoms with Crippen LogP contribution in [0.25, 0.3) is 0 Å². The fourth-order valence-corrected chi connectivity index (χ4v) is 4.23. The van der Waals surface area contributed by atoms with Crippen molar-refractivity contribution in [1.29, 1.82) is 0 Å². The molecule has 2 heterocycles. The molecule has 0 radical (unpaired) electrons. The number of urea groups is 1. The molecule has 8 heteroatoms. The number of nitrogens with one attached hydrogen (secondary N) is 1. The van der Waals surface area contributed by atoms with E-state index in [4.69, 9.17) is 16.3 Å². The van der Waals surface area contributed by atoms with Crippen molar-refractivity contribution in [3.05, 3.63) is 53.6 Å². The fourth-order valence-electron chi connectivity index (χ4n) is 4.05. The molecule has 2 aliphatic rings. The molecule has 4 rings (SSSR count). The van der Waals surface area contributed by atoms with Gasteiger partial charge in [-0.2, -0.15) is 0 Å². The summed E-state index contributed by atoms with van der Waals surface area (Å²) in [4.78, 5) is 31.0. The summed E-state index contributed by atoms with van der Waals surface area (Å²) in [7, 11) is 0. The van der Waals surface area contributed by atoms with Gasteiger partial charge in [-0.15, -0.1) is 0 Å². The number of nitrogens with zero attached hydrogens (tertiary/aromatic N) is 3. The van der Waals surface area contributed by atoms with Gasteiger partial charge in [-0.3, -0.25) is 4.79 Å². The van der Waals surface area contributed by atoms with Gasteiger partial charge in [0.2, 0.25) is 5.91 Å². The van der Waals surface area contributed by atoms with Crippen molar-refractivity contribution in [2.45, 2.75) is 19.4 Å². The lowest BCUT2D eigenvalue weighted by Gasteiger charge is -2.36. The zero-order valence-corrected chi connectivity index (χ0v) is 18.3. The monoisotopic (exact) mass is 442 g/mol. The Morgan fingerprint density at radius 3 is 2.52 bits per heavy atom. The van der Waals surface area contributed by atoms with Gasteiger partial charge in [0, 0.05) is 55.5 Å². The highest BCUT2D eigenvalue weighted by molar-refractivity contribution is 6.30. The van der Waals surface area contributed by atoms with E-state index in [1.54, 1.807) is 4.90 Å². The average Bonchev–Trinajstić information content (AvgIpc) is 3.14. The molecule has 3 amide bonds. The molecule has 2 fully saturated rings. The lowest BCUT2D eigenvalue weighted by molar-refractivity contribution is -0.117. The van der Waals surface area contributed by atoms with E-state index in [0.717, 1.165) is 30.2 Å². The van der Waals surface area contributed by atoms with Gasteiger partial charge in [0.05, 0.1) is 12.6 Å². The minimum Gasteiger partial charge on any atom is -0.494 e. The lowest BCUT2D eigenvalue weighted by atomic mass is 10.2. The SMILES string of the molecule is CCOc1ccc(N2CC(NC(=O)N3CCN(c4cccc(Cl)c4)CC3)CC2=O)cc1. The van der Waals surface area contributed by atoms with Crippen LogP contribution in [0.3, 0.4) is 0 Å². The molecule has 1 N–H and O–H groups in total. The van der Waals surface area contributed by atoms with Gasteiger partial charge < -0.3 is 24.8 Å². The van der Waals surface area contributed by atoms with E-state index in [9.17, 15) is 9.59 Å². The van der Waals surface area contributed by atoms with Crippen LogP contribution in [0.1, 0.15) is 13.3 Å². The van der Waals surface area contributed by atoms with E-state index in [0.29, 0.717) is 37.7 Å². The number of anilines is 2. The molecule has 2 aromatic carbocycles. The van der Waals surface area contributed by atoms with Crippen LogP contribution < -0.4 is 19.9 Å². The van der Waals surface area contributed by atoms with Crippen molar-refractivity contribution in [2.75, 3.05) is 49.1 Å². The summed E-state index contributed by atoms with van der Waals surface area (Å²) < 4.78 is 5.46. The summed E-state index contributed by atoms with van der Waals surface area (Å²) in [6, 6.07) is 14.9. The molecule has 0 spiro atoms. The van der Waals surface area contributed by atoms with Gasteiger partial charge in [0.1, 0.15) is 5.75 Å². The molecule has 2 aliphatic heterocycles. The van der Waals surface area contributed by atoms with Crippen LogP contribution >= 0.6 is 11.6 Å². The van der Waals surface area contributed by atoms with E-state index in [-0.39, 0.29) is 18.0 Å². The number of rotatable bonds is 5. The molecular formula is C23H27ClN4O3. The summed E-state index contributed by atoms with van der Waals surface area (Å²) in [5.74, 6) is 0.792. The highest BCUT2D eigenvalue weighted by atomic mass is 35.5. The topological polar surface area (TPSA) is 65.1 Å². The first kappa shape index (κ1) is 21.3. The van der Waals surface area contributed by atoms with Gasteiger partial charge in [-0.1, -0.05) is 17.7 Å². The Morgan fingerprint density at radius 2 is 1.84 bits per heavy atom. The summed E-state index contributed by atoms with van der Waals surface area (Å²) in [5, 5.41) is 3.74. The Kier molecular flexibility index (Phi) is 6.51. The van der Waals surface area contributed by atoms with Crippen LogP contribution in [-0.4, -0.2) is 62.2 Å². The third-order valence-corrected chi connectivity index (χ3v) is 5.89. The van der Waals surface area contributed by atoms with Crippen molar-refractivity contribution >= 4 is 34.9 Å². The standard InChI is InChI=1S/C23H27ClN4O3/c1-2-31-21-8-6-19(7-9-21)28-16-18(15-22(28)29)25-23(30)27-12-10-26(11-13-27)20-5-3-4-17(24)14-20/h3-9,14,18H,2,10-13,15-16H2,1H3,(H,25,30). The largest absolute Gasteiger partial charge is 0.494 e. The van der Waals surface area contributed by atoms with Crippen molar-refractivity contribution < 1.29 is 14.3 Å². The molecule has 7 nitrogen and oxygen atoms in total. The Balaban J connectivity index is 1.29. The third-order valence-electron chi connectivity index (χ3n) is 5.65. The maximum absolute atomic E-state index is 12.7. The molecule has 1 unspecified atom stereocenters. The first-order valence-corrected chi connectivity index (χ1v) is 11.0. The van der Waals surface area contributed by atoms with Gasteiger partial charge >= 0.3 is 6.03 Å². The predicted molar refractivity (Wildman–Crippen MR) is 122 cm³/mol. The third kappa shape index (κ3) is 5.05. The molecular weight excluding hydrogens is 416 g/mol. The number of carbonyl (C=O) groups is 2.